The fourth-order valence-electron chi connectivity index (χ4n) is 3.46. The summed E-state index contributed by atoms with van der Waals surface area (Å²) >= 11 is 0. The number of hydrogen-bond acceptors (Lipinski definition) is 3. The van der Waals surface area contributed by atoms with Crippen molar-refractivity contribution < 1.29 is 19.4 Å². The topological polar surface area (TPSA) is 63.6 Å². The molecule has 4 nitrogen and oxygen atoms in total. The Balaban J connectivity index is 2.21. The fraction of sp³-hybridized carbons (Fsp3) is 0.529. The molecule has 1 N–H and O–H groups in total. The molecule has 1 aromatic rings. The zero-order valence-electron chi connectivity index (χ0n) is 12.6. The number of carboxylic acid groups (broad SMARTS) is 1. The molecule has 0 amide bonds. The first-order valence-electron chi connectivity index (χ1n) is 7.44. The molecule has 0 heterocycles. The van der Waals surface area contributed by atoms with Gasteiger partial charge in [-0.15, -0.1) is 0 Å². The highest BCUT2D eigenvalue weighted by Gasteiger charge is 2.44. The molecule has 1 fully saturated rings. The quantitative estimate of drug-likeness (QED) is 0.841. The standard InChI is InChI=1S/C17H22O4/c1-3-8-17(16(19)20)9-7-14(11-17)12-5-4-6-13(10-12)15(18)21-2/h4-6,10,14H,3,7-9,11H2,1-2H3,(H,19,20). The van der Waals surface area contributed by atoms with Crippen LogP contribution in [0.25, 0.3) is 0 Å². The third-order valence-electron chi connectivity index (χ3n) is 4.57. The zero-order chi connectivity index (χ0) is 15.5. The van der Waals surface area contributed by atoms with Crippen molar-refractivity contribution in [1.29, 1.82) is 0 Å². The molecule has 2 unspecified atom stereocenters. The van der Waals surface area contributed by atoms with E-state index < -0.39 is 11.4 Å². The Morgan fingerprint density at radius 1 is 1.43 bits per heavy atom. The van der Waals surface area contributed by atoms with E-state index in [-0.39, 0.29) is 11.9 Å². The number of carbonyl (C=O) groups is 2. The van der Waals surface area contributed by atoms with Crippen LogP contribution in [-0.4, -0.2) is 24.2 Å². The van der Waals surface area contributed by atoms with Crippen LogP contribution in [0.2, 0.25) is 0 Å². The summed E-state index contributed by atoms with van der Waals surface area (Å²) in [5.74, 6) is -0.832. The summed E-state index contributed by atoms with van der Waals surface area (Å²) in [5.41, 5.74) is 0.969. The molecule has 1 aliphatic carbocycles. The number of carboxylic acids is 1. The van der Waals surface area contributed by atoms with Gasteiger partial charge in [-0.2, -0.15) is 0 Å². The maximum atomic E-state index is 11.6. The molecule has 0 bridgehead atoms. The summed E-state index contributed by atoms with van der Waals surface area (Å²) in [6, 6.07) is 7.37. The third kappa shape index (κ3) is 3.09. The largest absolute Gasteiger partial charge is 0.481 e. The minimum atomic E-state index is -0.684. The average Bonchev–Trinajstić information content (AvgIpc) is 2.93. The van der Waals surface area contributed by atoms with Gasteiger partial charge in [-0.05, 0) is 49.3 Å². The minimum Gasteiger partial charge on any atom is -0.481 e. The molecule has 114 valence electrons. The van der Waals surface area contributed by atoms with Gasteiger partial charge in [-0.25, -0.2) is 4.79 Å². The number of ether oxygens (including phenoxy) is 1. The molecule has 4 heteroatoms. The summed E-state index contributed by atoms with van der Waals surface area (Å²) in [7, 11) is 1.36. The summed E-state index contributed by atoms with van der Waals surface area (Å²) in [4.78, 5) is 23.2. The maximum absolute atomic E-state index is 11.6. The van der Waals surface area contributed by atoms with Gasteiger partial charge in [0, 0.05) is 0 Å². The highest BCUT2D eigenvalue weighted by atomic mass is 16.5. The first-order valence-corrected chi connectivity index (χ1v) is 7.44. The van der Waals surface area contributed by atoms with Crippen molar-refractivity contribution in [2.24, 2.45) is 5.41 Å². The van der Waals surface area contributed by atoms with E-state index in [1.54, 1.807) is 6.07 Å². The summed E-state index contributed by atoms with van der Waals surface area (Å²) in [6.45, 7) is 2.02. The van der Waals surface area contributed by atoms with Crippen LogP contribution in [0.1, 0.15) is 60.9 Å². The van der Waals surface area contributed by atoms with Crippen LogP contribution in [-0.2, 0) is 9.53 Å². The van der Waals surface area contributed by atoms with Gasteiger partial charge in [0.05, 0.1) is 18.1 Å². The van der Waals surface area contributed by atoms with E-state index in [9.17, 15) is 14.7 Å². The second-order valence-electron chi connectivity index (χ2n) is 5.89. The number of benzene rings is 1. The van der Waals surface area contributed by atoms with Crippen molar-refractivity contribution in [1.82, 2.24) is 0 Å². The van der Waals surface area contributed by atoms with Crippen LogP contribution in [0.3, 0.4) is 0 Å². The van der Waals surface area contributed by atoms with Gasteiger partial charge in [-0.1, -0.05) is 25.5 Å². The lowest BCUT2D eigenvalue weighted by Crippen LogP contribution is -2.27. The van der Waals surface area contributed by atoms with Gasteiger partial charge >= 0.3 is 11.9 Å². The van der Waals surface area contributed by atoms with Crippen molar-refractivity contribution in [3.05, 3.63) is 35.4 Å². The number of aliphatic carboxylic acids is 1. The minimum absolute atomic E-state index is 0.206. The number of rotatable bonds is 5. The number of carbonyl (C=O) groups excluding carboxylic acids is 1. The van der Waals surface area contributed by atoms with Gasteiger partial charge < -0.3 is 9.84 Å². The van der Waals surface area contributed by atoms with Crippen LogP contribution in [0.15, 0.2) is 24.3 Å². The highest BCUT2D eigenvalue weighted by Crippen LogP contribution is 2.49. The number of hydrogen-bond donors (Lipinski definition) is 1. The summed E-state index contributed by atoms with van der Waals surface area (Å²) < 4.78 is 4.74. The molecule has 2 atom stereocenters. The van der Waals surface area contributed by atoms with Crippen molar-refractivity contribution in [2.45, 2.75) is 44.9 Å². The predicted molar refractivity (Wildman–Crippen MR) is 79.4 cm³/mol. The molecule has 21 heavy (non-hydrogen) atoms. The molecule has 1 aromatic carbocycles. The van der Waals surface area contributed by atoms with Crippen LogP contribution in [0, 0.1) is 5.41 Å². The molecule has 1 saturated carbocycles. The Labute approximate surface area is 125 Å². The average molecular weight is 290 g/mol. The van der Waals surface area contributed by atoms with Crippen molar-refractivity contribution in [3.63, 3.8) is 0 Å². The SMILES string of the molecule is CCCC1(C(=O)O)CCC(c2cccc(C(=O)OC)c2)C1. The summed E-state index contributed by atoms with van der Waals surface area (Å²) in [6.07, 6.45) is 3.82. The first-order chi connectivity index (χ1) is 10.0. The van der Waals surface area contributed by atoms with Crippen LogP contribution in [0.5, 0.6) is 0 Å². The van der Waals surface area contributed by atoms with E-state index in [0.29, 0.717) is 18.4 Å². The van der Waals surface area contributed by atoms with Gasteiger partial charge in [-0.3, -0.25) is 4.79 Å². The fourth-order valence-corrected chi connectivity index (χ4v) is 3.46. The second kappa shape index (κ2) is 6.29. The Morgan fingerprint density at radius 2 is 2.19 bits per heavy atom. The lowest BCUT2D eigenvalue weighted by Gasteiger charge is -2.23. The van der Waals surface area contributed by atoms with Gasteiger partial charge in [0.15, 0.2) is 0 Å². The molecular formula is C17H22O4. The lowest BCUT2D eigenvalue weighted by molar-refractivity contribution is -0.149. The van der Waals surface area contributed by atoms with E-state index >= 15 is 0 Å². The molecule has 0 aliphatic heterocycles. The molecule has 0 saturated heterocycles. The van der Waals surface area contributed by atoms with Crippen molar-refractivity contribution in [2.75, 3.05) is 7.11 Å². The predicted octanol–water partition coefficient (Wildman–Crippen LogP) is 3.61. The smallest absolute Gasteiger partial charge is 0.337 e. The third-order valence-corrected chi connectivity index (χ3v) is 4.57. The van der Waals surface area contributed by atoms with Crippen molar-refractivity contribution in [3.8, 4) is 0 Å². The monoisotopic (exact) mass is 290 g/mol. The molecule has 0 radical (unpaired) electrons. The van der Waals surface area contributed by atoms with Crippen molar-refractivity contribution >= 4 is 11.9 Å². The van der Waals surface area contributed by atoms with E-state index in [0.717, 1.165) is 24.8 Å². The Morgan fingerprint density at radius 3 is 2.81 bits per heavy atom. The Bertz CT molecular complexity index is 537. The Hall–Kier alpha value is -1.84. The Kier molecular flexibility index (Phi) is 4.66. The van der Waals surface area contributed by atoms with E-state index in [4.69, 9.17) is 4.74 Å². The normalized spacial score (nSPS) is 24.8. The first kappa shape index (κ1) is 15.5. The molecule has 2 rings (SSSR count). The lowest BCUT2D eigenvalue weighted by atomic mass is 9.80. The van der Waals surface area contributed by atoms with E-state index in [2.05, 4.69) is 0 Å². The van der Waals surface area contributed by atoms with Crippen LogP contribution >= 0.6 is 0 Å². The maximum Gasteiger partial charge on any atom is 0.337 e. The highest BCUT2D eigenvalue weighted by molar-refractivity contribution is 5.89. The molecule has 1 aliphatic rings. The zero-order valence-corrected chi connectivity index (χ0v) is 12.6. The van der Waals surface area contributed by atoms with Gasteiger partial charge in [0.25, 0.3) is 0 Å². The molecule has 0 aromatic heterocycles. The van der Waals surface area contributed by atoms with Gasteiger partial charge in [0.2, 0.25) is 0 Å². The van der Waals surface area contributed by atoms with E-state index in [1.807, 2.05) is 25.1 Å². The van der Waals surface area contributed by atoms with E-state index in [1.165, 1.54) is 7.11 Å². The van der Waals surface area contributed by atoms with Crippen LogP contribution < -0.4 is 0 Å². The second-order valence-corrected chi connectivity index (χ2v) is 5.89. The number of methoxy groups -OCH3 is 1. The van der Waals surface area contributed by atoms with Crippen LogP contribution in [0.4, 0.5) is 0 Å². The molecule has 0 spiro atoms. The van der Waals surface area contributed by atoms with Gasteiger partial charge in [0.1, 0.15) is 0 Å². The molecular weight excluding hydrogens is 268 g/mol. The summed E-state index contributed by atoms with van der Waals surface area (Å²) in [5, 5.41) is 9.57. The number of esters is 1.